The maximum Gasteiger partial charge on any atom is 0.319 e. The van der Waals surface area contributed by atoms with E-state index in [1.807, 2.05) is 49.4 Å². The number of carbonyl (C=O) groups excluding carboxylic acids is 2. The normalized spacial score (nSPS) is 19.9. The largest absolute Gasteiger partial charge is 0.497 e. The van der Waals surface area contributed by atoms with Crippen LogP contribution in [0.15, 0.2) is 42.5 Å². The minimum Gasteiger partial charge on any atom is -0.497 e. The fourth-order valence-electron chi connectivity index (χ4n) is 4.08. The first-order valence-corrected chi connectivity index (χ1v) is 10.9. The molecule has 30 heavy (non-hydrogen) atoms. The summed E-state index contributed by atoms with van der Waals surface area (Å²) in [6.07, 6.45) is 0. The Hall–Kier alpha value is -2.87. The van der Waals surface area contributed by atoms with Crippen LogP contribution >= 0.6 is 11.8 Å². The fourth-order valence-corrected chi connectivity index (χ4v) is 5.53. The van der Waals surface area contributed by atoms with E-state index in [-0.39, 0.29) is 11.9 Å². The number of rotatable bonds is 5. The molecule has 2 aliphatic rings. The summed E-state index contributed by atoms with van der Waals surface area (Å²) in [7, 11) is 3.22. The van der Waals surface area contributed by atoms with Gasteiger partial charge in [-0.1, -0.05) is 12.1 Å². The molecule has 1 atom stereocenters. The molecule has 1 fully saturated rings. The van der Waals surface area contributed by atoms with Crippen molar-refractivity contribution >= 4 is 29.4 Å². The van der Waals surface area contributed by atoms with Crippen molar-refractivity contribution in [3.05, 3.63) is 53.6 Å². The summed E-state index contributed by atoms with van der Waals surface area (Å²) in [5.41, 5.74) is 2.55. The van der Waals surface area contributed by atoms with Crippen LogP contribution in [0.4, 0.5) is 10.5 Å². The molecule has 1 saturated heterocycles. The van der Waals surface area contributed by atoms with Gasteiger partial charge in [0.25, 0.3) is 5.91 Å². The molecule has 2 aliphatic heterocycles. The van der Waals surface area contributed by atoms with Gasteiger partial charge in [0.1, 0.15) is 11.5 Å². The zero-order chi connectivity index (χ0) is 21.3. The Morgan fingerprint density at radius 2 is 1.93 bits per heavy atom. The van der Waals surface area contributed by atoms with E-state index in [0.717, 1.165) is 22.6 Å². The molecule has 4 rings (SSSR count). The van der Waals surface area contributed by atoms with E-state index in [4.69, 9.17) is 9.47 Å². The molecule has 8 heteroatoms. The number of nitrogens with one attached hydrogen (secondary N) is 1. The van der Waals surface area contributed by atoms with Gasteiger partial charge in [-0.3, -0.25) is 9.69 Å². The summed E-state index contributed by atoms with van der Waals surface area (Å²) in [6.45, 7) is 3.27. The summed E-state index contributed by atoms with van der Waals surface area (Å²) >= 11 is 1.50. The predicted molar refractivity (Wildman–Crippen MR) is 117 cm³/mol. The molecule has 3 amide bonds. The topological polar surface area (TPSA) is 71.1 Å². The molecule has 1 N–H and O–H groups in total. The number of hydrogen-bond acceptors (Lipinski definition) is 5. The maximum absolute atomic E-state index is 13.9. The van der Waals surface area contributed by atoms with E-state index < -0.39 is 4.87 Å². The van der Waals surface area contributed by atoms with Crippen LogP contribution in [-0.4, -0.2) is 49.9 Å². The number of methoxy groups -OCH3 is 2. The highest BCUT2D eigenvalue weighted by Crippen LogP contribution is 2.55. The molecular weight excluding hydrogens is 402 g/mol. The van der Waals surface area contributed by atoms with Crippen molar-refractivity contribution in [1.82, 2.24) is 10.2 Å². The van der Waals surface area contributed by atoms with Gasteiger partial charge in [-0.15, -0.1) is 11.8 Å². The average molecular weight is 428 g/mol. The molecule has 0 saturated carbocycles. The van der Waals surface area contributed by atoms with Crippen molar-refractivity contribution < 1.29 is 19.1 Å². The molecule has 0 aliphatic carbocycles. The number of urea groups is 1. The Labute approximate surface area is 180 Å². The van der Waals surface area contributed by atoms with Crippen molar-refractivity contribution in [2.24, 2.45) is 0 Å². The monoisotopic (exact) mass is 427 g/mol. The van der Waals surface area contributed by atoms with Crippen LogP contribution in [-0.2, 0) is 16.2 Å². The molecule has 0 bridgehead atoms. The highest BCUT2D eigenvalue weighted by atomic mass is 32.2. The van der Waals surface area contributed by atoms with Crippen molar-refractivity contribution in [2.45, 2.75) is 18.3 Å². The van der Waals surface area contributed by atoms with Crippen molar-refractivity contribution in [3.8, 4) is 11.5 Å². The SMILES string of the molecule is CCNC(=O)N1CCS[C@@]12C(=O)N(Cc1cccc(OC)c1)c1ccc(OC)cc12. The molecule has 158 valence electrons. The van der Waals surface area contributed by atoms with Crippen LogP contribution in [0.5, 0.6) is 11.5 Å². The molecular formula is C22H25N3O4S. The minimum absolute atomic E-state index is 0.109. The summed E-state index contributed by atoms with van der Waals surface area (Å²) in [5, 5.41) is 2.85. The molecule has 0 aromatic heterocycles. The maximum atomic E-state index is 13.9. The van der Waals surface area contributed by atoms with E-state index in [2.05, 4.69) is 5.32 Å². The summed E-state index contributed by atoms with van der Waals surface area (Å²) in [6, 6.07) is 13.1. The van der Waals surface area contributed by atoms with Gasteiger partial charge in [-0.25, -0.2) is 4.79 Å². The van der Waals surface area contributed by atoms with Gasteiger partial charge >= 0.3 is 6.03 Å². The average Bonchev–Trinajstić information content (AvgIpc) is 3.31. The lowest BCUT2D eigenvalue weighted by molar-refractivity contribution is -0.123. The van der Waals surface area contributed by atoms with E-state index in [0.29, 0.717) is 31.1 Å². The lowest BCUT2D eigenvalue weighted by Crippen LogP contribution is -2.53. The van der Waals surface area contributed by atoms with Crippen LogP contribution in [0.3, 0.4) is 0 Å². The van der Waals surface area contributed by atoms with Gasteiger partial charge in [0.2, 0.25) is 0 Å². The first-order chi connectivity index (χ1) is 14.5. The van der Waals surface area contributed by atoms with Gasteiger partial charge in [0.15, 0.2) is 4.87 Å². The van der Waals surface area contributed by atoms with Crippen molar-refractivity contribution in [1.29, 1.82) is 0 Å². The number of amides is 3. The van der Waals surface area contributed by atoms with E-state index in [9.17, 15) is 9.59 Å². The number of nitrogens with zero attached hydrogens (tertiary/aromatic N) is 2. The van der Waals surface area contributed by atoms with Gasteiger partial charge in [0.05, 0.1) is 26.5 Å². The van der Waals surface area contributed by atoms with E-state index in [1.165, 1.54) is 11.8 Å². The Kier molecular flexibility index (Phi) is 5.51. The zero-order valence-electron chi connectivity index (χ0n) is 17.3. The number of carbonyl (C=O) groups is 2. The third-order valence-electron chi connectivity index (χ3n) is 5.45. The van der Waals surface area contributed by atoms with Crippen LogP contribution < -0.4 is 19.7 Å². The van der Waals surface area contributed by atoms with Crippen LogP contribution in [0.25, 0.3) is 0 Å². The quantitative estimate of drug-likeness (QED) is 0.794. The van der Waals surface area contributed by atoms with Gasteiger partial charge in [-0.05, 0) is 42.8 Å². The summed E-state index contributed by atoms with van der Waals surface area (Å²) in [4.78, 5) is 29.1. The first kappa shape index (κ1) is 20.4. The smallest absolute Gasteiger partial charge is 0.319 e. The second kappa shape index (κ2) is 8.10. The number of anilines is 1. The fraction of sp³-hybridized carbons (Fsp3) is 0.364. The van der Waals surface area contributed by atoms with Gasteiger partial charge < -0.3 is 19.7 Å². The number of hydrogen-bond donors (Lipinski definition) is 1. The predicted octanol–water partition coefficient (Wildman–Crippen LogP) is 3.18. The molecule has 2 aromatic carbocycles. The molecule has 7 nitrogen and oxygen atoms in total. The lowest BCUT2D eigenvalue weighted by Gasteiger charge is -2.33. The Morgan fingerprint density at radius 3 is 2.67 bits per heavy atom. The lowest BCUT2D eigenvalue weighted by atomic mass is 10.1. The highest BCUT2D eigenvalue weighted by Gasteiger charge is 2.59. The van der Waals surface area contributed by atoms with Crippen molar-refractivity contribution in [3.63, 3.8) is 0 Å². The molecule has 2 heterocycles. The summed E-state index contributed by atoms with van der Waals surface area (Å²) < 4.78 is 10.8. The van der Waals surface area contributed by atoms with E-state index in [1.54, 1.807) is 24.0 Å². The molecule has 2 aromatic rings. The standard InChI is InChI=1S/C22H25N3O4S/c1-4-23-21(27)25-10-11-30-22(25)18-13-17(29-3)8-9-19(18)24(20(22)26)14-15-6-5-7-16(12-15)28-2/h5-9,12-13H,4,10-11,14H2,1-3H3,(H,23,27)/t22-/m0/s1. The van der Waals surface area contributed by atoms with Crippen LogP contribution in [0.1, 0.15) is 18.1 Å². The van der Waals surface area contributed by atoms with Gasteiger partial charge in [-0.2, -0.15) is 0 Å². The van der Waals surface area contributed by atoms with Crippen molar-refractivity contribution in [2.75, 3.05) is 38.0 Å². The van der Waals surface area contributed by atoms with Crippen LogP contribution in [0, 0.1) is 0 Å². The van der Waals surface area contributed by atoms with Gasteiger partial charge in [0, 0.05) is 24.4 Å². The first-order valence-electron chi connectivity index (χ1n) is 9.88. The highest BCUT2D eigenvalue weighted by molar-refractivity contribution is 8.01. The zero-order valence-corrected chi connectivity index (χ0v) is 18.1. The second-order valence-corrected chi connectivity index (χ2v) is 8.39. The third kappa shape index (κ3) is 3.15. The number of fused-ring (bicyclic) bond motifs is 2. The number of benzene rings is 2. The Balaban J connectivity index is 1.79. The minimum atomic E-state index is -1.08. The second-order valence-electron chi connectivity index (χ2n) is 7.11. The Morgan fingerprint density at radius 1 is 1.17 bits per heavy atom. The van der Waals surface area contributed by atoms with Crippen LogP contribution in [0.2, 0.25) is 0 Å². The number of ether oxygens (including phenoxy) is 2. The third-order valence-corrected chi connectivity index (χ3v) is 6.87. The summed E-state index contributed by atoms with van der Waals surface area (Å²) in [5.74, 6) is 1.98. The van der Waals surface area contributed by atoms with E-state index >= 15 is 0 Å². The Bertz CT molecular complexity index is 983. The number of thioether (sulfide) groups is 1. The molecule has 0 radical (unpaired) electrons. The molecule has 1 spiro atoms. The molecule has 0 unspecified atom stereocenters.